The number of halogens is 1. The first-order valence-electron chi connectivity index (χ1n) is 7.89. The largest absolute Gasteiger partial charge is 0.494 e. The van der Waals surface area contributed by atoms with Gasteiger partial charge in [-0.25, -0.2) is 9.18 Å². The van der Waals surface area contributed by atoms with Gasteiger partial charge in [-0.05, 0) is 50.1 Å². The lowest BCUT2D eigenvalue weighted by atomic mass is 10.0. The number of furan rings is 1. The second-order valence-corrected chi connectivity index (χ2v) is 6.01. The third-order valence-electron chi connectivity index (χ3n) is 4.48. The number of aryl methyl sites for hydroxylation is 1. The maximum Gasteiger partial charge on any atom is 0.339 e. The maximum absolute atomic E-state index is 14.0. The molecule has 1 aliphatic heterocycles. The van der Waals surface area contributed by atoms with Gasteiger partial charge in [-0.2, -0.15) is 0 Å². The molecule has 3 rings (SSSR count). The van der Waals surface area contributed by atoms with Crippen molar-refractivity contribution in [2.24, 2.45) is 0 Å². The van der Waals surface area contributed by atoms with Crippen LogP contribution in [0.25, 0.3) is 0 Å². The molecular weight excluding hydrogens is 313 g/mol. The number of ether oxygens (including phenoxy) is 1. The van der Waals surface area contributed by atoms with Crippen LogP contribution in [0, 0.1) is 12.7 Å². The van der Waals surface area contributed by atoms with Crippen molar-refractivity contribution in [3.05, 3.63) is 52.7 Å². The van der Waals surface area contributed by atoms with Gasteiger partial charge in [-0.3, -0.25) is 4.90 Å². The fraction of sp³-hybridized carbons (Fsp3) is 0.389. The minimum absolute atomic E-state index is 0.0871. The number of hydrogen-bond donors (Lipinski definition) is 1. The van der Waals surface area contributed by atoms with Crippen LogP contribution >= 0.6 is 0 Å². The highest BCUT2D eigenvalue weighted by Gasteiger charge is 2.28. The Morgan fingerprint density at radius 1 is 1.46 bits per heavy atom. The van der Waals surface area contributed by atoms with Crippen molar-refractivity contribution in [2.45, 2.75) is 32.4 Å². The molecule has 2 aromatic rings. The lowest BCUT2D eigenvalue weighted by Gasteiger charge is -2.24. The van der Waals surface area contributed by atoms with Crippen LogP contribution in [0.2, 0.25) is 0 Å². The third kappa shape index (κ3) is 3.14. The molecule has 0 bridgehead atoms. The van der Waals surface area contributed by atoms with E-state index in [-0.39, 0.29) is 23.2 Å². The van der Waals surface area contributed by atoms with E-state index in [2.05, 4.69) is 4.90 Å². The summed E-state index contributed by atoms with van der Waals surface area (Å²) in [6.45, 7) is 3.01. The Kier molecular flexibility index (Phi) is 4.57. The average molecular weight is 333 g/mol. The summed E-state index contributed by atoms with van der Waals surface area (Å²) in [4.78, 5) is 13.3. The van der Waals surface area contributed by atoms with Gasteiger partial charge in [0, 0.05) is 6.04 Å². The molecule has 1 unspecified atom stereocenters. The van der Waals surface area contributed by atoms with E-state index in [0.29, 0.717) is 18.1 Å². The molecular formula is C18H20FNO4. The van der Waals surface area contributed by atoms with Crippen LogP contribution in [-0.4, -0.2) is 29.6 Å². The molecule has 24 heavy (non-hydrogen) atoms. The van der Waals surface area contributed by atoms with E-state index in [9.17, 15) is 9.18 Å². The Labute approximate surface area is 139 Å². The van der Waals surface area contributed by atoms with E-state index < -0.39 is 5.97 Å². The zero-order chi connectivity index (χ0) is 17.3. The molecule has 0 amide bonds. The lowest BCUT2D eigenvalue weighted by molar-refractivity contribution is 0.0695. The molecule has 5 nitrogen and oxygen atoms in total. The number of likely N-dealkylation sites (tertiary alicyclic amines) is 1. The number of rotatable bonds is 5. The molecule has 1 N–H and O–H groups in total. The van der Waals surface area contributed by atoms with E-state index in [1.54, 1.807) is 19.1 Å². The summed E-state index contributed by atoms with van der Waals surface area (Å²) in [5.74, 6) is -0.105. The van der Waals surface area contributed by atoms with Gasteiger partial charge in [0.2, 0.25) is 0 Å². The van der Waals surface area contributed by atoms with Crippen molar-refractivity contribution in [1.82, 2.24) is 4.90 Å². The first-order chi connectivity index (χ1) is 11.5. The van der Waals surface area contributed by atoms with Crippen LogP contribution in [0.3, 0.4) is 0 Å². The molecule has 1 atom stereocenters. The summed E-state index contributed by atoms with van der Waals surface area (Å²) < 4.78 is 24.5. The van der Waals surface area contributed by atoms with Crippen LogP contribution in [-0.2, 0) is 6.54 Å². The Bertz CT molecular complexity index is 755. The van der Waals surface area contributed by atoms with E-state index in [0.717, 1.165) is 24.9 Å². The smallest absolute Gasteiger partial charge is 0.339 e. The predicted octanol–water partition coefficient (Wildman–Crippen LogP) is 3.77. The van der Waals surface area contributed by atoms with Gasteiger partial charge in [-0.1, -0.05) is 6.07 Å². The fourth-order valence-electron chi connectivity index (χ4n) is 3.32. The van der Waals surface area contributed by atoms with E-state index >= 15 is 0 Å². The summed E-state index contributed by atoms with van der Waals surface area (Å²) in [5.41, 5.74) is 1.09. The minimum Gasteiger partial charge on any atom is -0.494 e. The molecule has 1 aromatic carbocycles. The molecule has 1 aliphatic rings. The maximum atomic E-state index is 14.0. The predicted molar refractivity (Wildman–Crippen MR) is 85.7 cm³/mol. The van der Waals surface area contributed by atoms with Gasteiger partial charge in [-0.15, -0.1) is 0 Å². The Hall–Kier alpha value is -2.34. The summed E-state index contributed by atoms with van der Waals surface area (Å²) in [6, 6.07) is 6.69. The quantitative estimate of drug-likeness (QED) is 0.902. The van der Waals surface area contributed by atoms with Crippen molar-refractivity contribution in [3.63, 3.8) is 0 Å². The normalized spacial score (nSPS) is 18.0. The highest BCUT2D eigenvalue weighted by Crippen LogP contribution is 2.35. The Morgan fingerprint density at radius 2 is 2.25 bits per heavy atom. The molecule has 128 valence electrons. The van der Waals surface area contributed by atoms with Crippen LogP contribution in [0.4, 0.5) is 4.39 Å². The third-order valence-corrected chi connectivity index (χ3v) is 4.48. The zero-order valence-corrected chi connectivity index (χ0v) is 13.7. The summed E-state index contributed by atoms with van der Waals surface area (Å²) in [7, 11) is 1.44. The monoisotopic (exact) mass is 333 g/mol. The highest BCUT2D eigenvalue weighted by molar-refractivity contribution is 5.88. The van der Waals surface area contributed by atoms with Crippen molar-refractivity contribution >= 4 is 5.97 Å². The van der Waals surface area contributed by atoms with Gasteiger partial charge < -0.3 is 14.3 Å². The Balaban J connectivity index is 1.79. The van der Waals surface area contributed by atoms with Crippen molar-refractivity contribution in [2.75, 3.05) is 13.7 Å². The fourth-order valence-corrected chi connectivity index (χ4v) is 3.32. The first kappa shape index (κ1) is 16.5. The van der Waals surface area contributed by atoms with Gasteiger partial charge in [0.1, 0.15) is 17.1 Å². The van der Waals surface area contributed by atoms with Gasteiger partial charge >= 0.3 is 5.97 Å². The summed E-state index contributed by atoms with van der Waals surface area (Å²) >= 11 is 0. The number of hydrogen-bond acceptors (Lipinski definition) is 4. The van der Waals surface area contributed by atoms with Crippen LogP contribution in [0.15, 0.2) is 28.7 Å². The van der Waals surface area contributed by atoms with Gasteiger partial charge in [0.25, 0.3) is 0 Å². The van der Waals surface area contributed by atoms with Crippen molar-refractivity contribution in [1.29, 1.82) is 0 Å². The van der Waals surface area contributed by atoms with Gasteiger partial charge in [0.15, 0.2) is 11.6 Å². The number of nitrogens with zero attached hydrogens (tertiary/aromatic N) is 1. The average Bonchev–Trinajstić information content (AvgIpc) is 3.14. The zero-order valence-electron chi connectivity index (χ0n) is 13.7. The van der Waals surface area contributed by atoms with Crippen molar-refractivity contribution in [3.8, 4) is 5.75 Å². The molecule has 2 heterocycles. The molecule has 0 spiro atoms. The van der Waals surface area contributed by atoms with Crippen molar-refractivity contribution < 1.29 is 23.4 Å². The Morgan fingerprint density at radius 3 is 2.88 bits per heavy atom. The van der Waals surface area contributed by atoms with Crippen LogP contribution in [0.5, 0.6) is 5.75 Å². The molecule has 6 heteroatoms. The molecule has 0 aliphatic carbocycles. The minimum atomic E-state index is -0.988. The number of aromatic carboxylic acids is 1. The van der Waals surface area contributed by atoms with E-state index in [4.69, 9.17) is 14.3 Å². The molecule has 0 radical (unpaired) electrons. The molecule has 1 aromatic heterocycles. The van der Waals surface area contributed by atoms with E-state index in [1.165, 1.54) is 13.2 Å². The van der Waals surface area contributed by atoms with E-state index in [1.807, 2.05) is 6.07 Å². The lowest BCUT2D eigenvalue weighted by Crippen LogP contribution is -2.22. The highest BCUT2D eigenvalue weighted by atomic mass is 19.1. The summed E-state index contributed by atoms with van der Waals surface area (Å²) in [5, 5.41) is 9.12. The number of carboxylic acids is 1. The standard InChI is InChI=1S/C18H20FNO4/c1-11-14(18(21)22)9-13(24-11)10-20-7-3-4-16(20)12-5-6-17(23-2)15(19)8-12/h5-6,8-9,16H,3-4,7,10H2,1-2H3,(H,21,22). The second kappa shape index (κ2) is 6.65. The molecule has 0 saturated carbocycles. The number of methoxy groups -OCH3 is 1. The van der Waals surface area contributed by atoms with Crippen LogP contribution < -0.4 is 4.74 Å². The number of carboxylic acid groups (broad SMARTS) is 1. The SMILES string of the molecule is COc1ccc(C2CCCN2Cc2cc(C(=O)O)c(C)o2)cc1F. The second-order valence-electron chi connectivity index (χ2n) is 6.01. The van der Waals surface area contributed by atoms with Gasteiger partial charge in [0.05, 0.1) is 13.7 Å². The first-order valence-corrected chi connectivity index (χ1v) is 7.89. The topological polar surface area (TPSA) is 62.9 Å². The number of benzene rings is 1. The molecule has 1 fully saturated rings. The summed E-state index contributed by atoms with van der Waals surface area (Å²) in [6.07, 6.45) is 1.93. The number of carbonyl (C=O) groups is 1. The molecule has 1 saturated heterocycles. The van der Waals surface area contributed by atoms with Crippen LogP contribution in [0.1, 0.15) is 46.3 Å².